The highest BCUT2D eigenvalue weighted by Crippen LogP contribution is 2.32. The summed E-state index contributed by atoms with van der Waals surface area (Å²) in [5, 5.41) is 8.98. The first-order valence-corrected chi connectivity index (χ1v) is 7.72. The molecule has 3 rings (SSSR count). The van der Waals surface area contributed by atoms with Crippen LogP contribution >= 0.6 is 11.3 Å². The van der Waals surface area contributed by atoms with Crippen molar-refractivity contribution in [1.82, 2.24) is 20.0 Å². The molecule has 0 aliphatic heterocycles. The minimum absolute atomic E-state index is 0.202. The number of aldehydes is 1. The highest BCUT2D eigenvalue weighted by atomic mass is 32.1. The molecule has 0 atom stereocenters. The molecule has 0 saturated carbocycles. The van der Waals surface area contributed by atoms with Crippen LogP contribution in [-0.4, -0.2) is 26.3 Å². The predicted octanol–water partition coefficient (Wildman–Crippen LogP) is 2.71. The van der Waals surface area contributed by atoms with Gasteiger partial charge in [-0.25, -0.2) is 4.98 Å². The van der Waals surface area contributed by atoms with Crippen LogP contribution in [0.3, 0.4) is 0 Å². The maximum atomic E-state index is 11.2. The lowest BCUT2D eigenvalue weighted by molar-refractivity contribution is 0.111. The van der Waals surface area contributed by atoms with Gasteiger partial charge in [-0.05, 0) is 25.7 Å². The van der Waals surface area contributed by atoms with E-state index in [1.165, 1.54) is 23.4 Å². The van der Waals surface area contributed by atoms with Gasteiger partial charge in [-0.15, -0.1) is 5.10 Å². The molecule has 2 aromatic heterocycles. The largest absolute Gasteiger partial charge is 0.296 e. The number of fused-ring (bicyclic) bond motifs is 1. The van der Waals surface area contributed by atoms with Crippen molar-refractivity contribution in [3.05, 3.63) is 22.0 Å². The van der Waals surface area contributed by atoms with Gasteiger partial charge in [0.15, 0.2) is 6.29 Å². The van der Waals surface area contributed by atoms with Gasteiger partial charge in [-0.3, -0.25) is 4.79 Å². The van der Waals surface area contributed by atoms with Gasteiger partial charge < -0.3 is 0 Å². The normalized spacial score (nSPS) is 15.2. The molecular weight excluding hydrogens is 272 g/mol. The second-order valence-corrected chi connectivity index (χ2v) is 7.24. The minimum atomic E-state index is -0.202. The first-order valence-electron chi connectivity index (χ1n) is 6.91. The molecule has 1 aliphatic rings. The van der Waals surface area contributed by atoms with Crippen molar-refractivity contribution in [3.8, 4) is 5.13 Å². The second-order valence-electron chi connectivity index (χ2n) is 6.18. The van der Waals surface area contributed by atoms with E-state index in [1.807, 2.05) is 0 Å². The van der Waals surface area contributed by atoms with Gasteiger partial charge in [0.1, 0.15) is 5.69 Å². The molecule has 20 heavy (non-hydrogen) atoms. The smallest absolute Gasteiger partial charge is 0.212 e. The van der Waals surface area contributed by atoms with Crippen molar-refractivity contribution in [2.24, 2.45) is 0 Å². The summed E-state index contributed by atoms with van der Waals surface area (Å²) in [5.74, 6) is 0. The molecule has 1 aliphatic carbocycles. The van der Waals surface area contributed by atoms with E-state index in [2.05, 4.69) is 31.1 Å². The molecule has 5 nitrogen and oxygen atoms in total. The Morgan fingerprint density at radius 1 is 1.25 bits per heavy atom. The second kappa shape index (κ2) is 4.77. The van der Waals surface area contributed by atoms with E-state index in [0.29, 0.717) is 5.69 Å². The molecule has 0 radical (unpaired) electrons. The number of carbonyl (C=O) groups excluding carboxylic acids is 1. The quantitative estimate of drug-likeness (QED) is 0.798. The van der Waals surface area contributed by atoms with E-state index < -0.39 is 0 Å². The third-order valence-electron chi connectivity index (χ3n) is 3.53. The van der Waals surface area contributed by atoms with Crippen LogP contribution in [0.15, 0.2) is 0 Å². The number of rotatable bonds is 2. The average molecular weight is 290 g/mol. The fourth-order valence-electron chi connectivity index (χ4n) is 2.64. The Labute approximate surface area is 122 Å². The highest BCUT2D eigenvalue weighted by Gasteiger charge is 2.28. The van der Waals surface area contributed by atoms with Crippen LogP contribution in [0.5, 0.6) is 0 Å². The molecule has 0 amide bonds. The van der Waals surface area contributed by atoms with E-state index in [4.69, 9.17) is 4.98 Å². The Bertz CT molecular complexity index is 627. The van der Waals surface area contributed by atoms with Crippen LogP contribution in [0.4, 0.5) is 0 Å². The van der Waals surface area contributed by atoms with E-state index >= 15 is 0 Å². The minimum Gasteiger partial charge on any atom is -0.296 e. The van der Waals surface area contributed by atoms with E-state index in [0.717, 1.165) is 30.0 Å². The van der Waals surface area contributed by atoms with Gasteiger partial charge in [0.2, 0.25) is 5.13 Å². The zero-order valence-electron chi connectivity index (χ0n) is 12.0. The zero-order valence-corrected chi connectivity index (χ0v) is 12.8. The van der Waals surface area contributed by atoms with Crippen molar-refractivity contribution < 1.29 is 4.79 Å². The molecule has 0 saturated heterocycles. The van der Waals surface area contributed by atoms with E-state index in [9.17, 15) is 4.79 Å². The molecule has 2 aromatic rings. The molecule has 106 valence electrons. The third-order valence-corrected chi connectivity index (χ3v) is 4.67. The van der Waals surface area contributed by atoms with Gasteiger partial charge in [-0.1, -0.05) is 37.3 Å². The lowest BCUT2D eigenvalue weighted by Gasteiger charge is -2.18. The predicted molar refractivity (Wildman–Crippen MR) is 77.8 cm³/mol. The van der Waals surface area contributed by atoms with Crippen molar-refractivity contribution in [1.29, 1.82) is 0 Å². The fourth-order valence-corrected chi connectivity index (χ4v) is 3.74. The summed E-state index contributed by atoms with van der Waals surface area (Å²) in [7, 11) is 0. The van der Waals surface area contributed by atoms with Gasteiger partial charge >= 0.3 is 0 Å². The van der Waals surface area contributed by atoms with Crippen LogP contribution in [0.2, 0.25) is 0 Å². The lowest BCUT2D eigenvalue weighted by atomic mass is 9.90. The molecular formula is C14H18N4OS. The maximum Gasteiger partial charge on any atom is 0.212 e. The third kappa shape index (κ3) is 2.18. The van der Waals surface area contributed by atoms with Crippen molar-refractivity contribution >= 4 is 17.6 Å². The van der Waals surface area contributed by atoms with Crippen LogP contribution in [0.25, 0.3) is 5.13 Å². The number of aryl methyl sites for hydroxylation is 2. The molecule has 0 N–H and O–H groups in total. The summed E-state index contributed by atoms with van der Waals surface area (Å²) < 4.78 is 1.74. The Morgan fingerprint density at radius 3 is 2.65 bits per heavy atom. The number of aromatic nitrogens is 4. The summed E-state index contributed by atoms with van der Waals surface area (Å²) in [6, 6.07) is 0. The van der Waals surface area contributed by atoms with Crippen molar-refractivity contribution in [2.75, 3.05) is 0 Å². The summed E-state index contributed by atoms with van der Waals surface area (Å²) >= 11 is 1.68. The van der Waals surface area contributed by atoms with Crippen LogP contribution in [0, 0.1) is 0 Å². The highest BCUT2D eigenvalue weighted by molar-refractivity contribution is 7.14. The van der Waals surface area contributed by atoms with Crippen molar-refractivity contribution in [2.45, 2.75) is 51.9 Å². The van der Waals surface area contributed by atoms with Gasteiger partial charge in [0, 0.05) is 10.3 Å². The Morgan fingerprint density at radius 2 is 2.00 bits per heavy atom. The summed E-state index contributed by atoms with van der Waals surface area (Å²) in [4.78, 5) is 17.2. The first-order chi connectivity index (χ1) is 9.50. The first kappa shape index (κ1) is 13.4. The molecule has 0 bridgehead atoms. The fraction of sp³-hybridized carbons (Fsp3) is 0.571. The lowest BCUT2D eigenvalue weighted by Crippen LogP contribution is -2.19. The summed E-state index contributed by atoms with van der Waals surface area (Å²) in [6.07, 6.45) is 5.37. The number of hydrogen-bond donors (Lipinski definition) is 0. The van der Waals surface area contributed by atoms with Gasteiger partial charge in [-0.2, -0.15) is 4.68 Å². The molecule has 0 unspecified atom stereocenters. The van der Waals surface area contributed by atoms with Crippen LogP contribution in [-0.2, 0) is 18.3 Å². The number of thiazole rings is 1. The molecule has 0 aromatic carbocycles. The topological polar surface area (TPSA) is 60.7 Å². The van der Waals surface area contributed by atoms with Crippen molar-refractivity contribution in [3.63, 3.8) is 0 Å². The molecule has 6 heteroatoms. The monoisotopic (exact) mass is 290 g/mol. The number of carbonyl (C=O) groups is 1. The Hall–Kier alpha value is -1.56. The van der Waals surface area contributed by atoms with E-state index in [1.54, 1.807) is 16.0 Å². The van der Waals surface area contributed by atoms with E-state index in [-0.39, 0.29) is 5.41 Å². The van der Waals surface area contributed by atoms with Crippen LogP contribution in [0.1, 0.15) is 60.4 Å². The summed E-state index contributed by atoms with van der Waals surface area (Å²) in [5.41, 5.74) is 2.23. The zero-order chi connectivity index (χ0) is 14.3. The SMILES string of the molecule is CC(C)(C)c1c(C=O)nnn1-c1nc2c(s1)CCCC2. The molecule has 0 spiro atoms. The van der Waals surface area contributed by atoms with Crippen LogP contribution < -0.4 is 0 Å². The maximum absolute atomic E-state index is 11.2. The number of hydrogen-bond acceptors (Lipinski definition) is 5. The molecule has 0 fully saturated rings. The average Bonchev–Trinajstić information content (AvgIpc) is 3.01. The van der Waals surface area contributed by atoms with Gasteiger partial charge in [0.05, 0.1) is 11.4 Å². The Kier molecular flexibility index (Phi) is 3.20. The molecule has 2 heterocycles. The van der Waals surface area contributed by atoms with Gasteiger partial charge in [0.25, 0.3) is 0 Å². The summed E-state index contributed by atoms with van der Waals surface area (Å²) in [6.45, 7) is 6.17. The standard InChI is InChI=1S/C14H18N4OS/c1-14(2,3)12-10(8-19)16-17-18(12)13-15-9-6-4-5-7-11(9)20-13/h8H,4-7H2,1-3H3. The Balaban J connectivity index is 2.12. The number of nitrogens with zero attached hydrogens (tertiary/aromatic N) is 4.